The first kappa shape index (κ1) is 15.0. The number of hydrogen-bond donors (Lipinski definition) is 1. The van der Waals surface area contributed by atoms with E-state index >= 15 is 0 Å². The van der Waals surface area contributed by atoms with E-state index in [9.17, 15) is 4.79 Å². The zero-order chi connectivity index (χ0) is 15.7. The number of fused-ring (bicyclic) bond motifs is 1. The van der Waals surface area contributed by atoms with Gasteiger partial charge in [-0.3, -0.25) is 4.79 Å². The highest BCUT2D eigenvalue weighted by Gasteiger charge is 2.15. The first-order chi connectivity index (χ1) is 10.6. The first-order valence-electron chi connectivity index (χ1n) is 6.82. The van der Waals surface area contributed by atoms with Gasteiger partial charge < -0.3 is 9.88 Å². The van der Waals surface area contributed by atoms with Crippen LogP contribution in [0.3, 0.4) is 0 Å². The number of H-pyrrole nitrogens is 1. The number of aromatic amines is 1. The number of rotatable bonds is 3. The molecular weight excluding hydrogens is 316 g/mol. The molecule has 0 aliphatic carbocycles. The lowest BCUT2D eigenvalue weighted by Gasteiger charge is -2.13. The minimum Gasteiger partial charge on any atom is -0.360 e. The van der Waals surface area contributed by atoms with Crippen molar-refractivity contribution in [3.05, 3.63) is 59.2 Å². The molecule has 0 aliphatic heterocycles. The Hall–Kier alpha value is -1.91. The molecule has 112 valence electrons. The van der Waals surface area contributed by atoms with E-state index in [-0.39, 0.29) is 5.91 Å². The van der Waals surface area contributed by atoms with Crippen LogP contribution in [-0.4, -0.2) is 29.9 Å². The van der Waals surface area contributed by atoms with Crippen molar-refractivity contribution in [1.29, 1.82) is 0 Å². The Balaban J connectivity index is 2.05. The number of halogens is 1. The molecule has 0 fully saturated rings. The van der Waals surface area contributed by atoms with E-state index in [4.69, 9.17) is 11.6 Å². The monoisotopic (exact) mass is 330 g/mol. The second-order valence-corrected chi connectivity index (χ2v) is 6.60. The van der Waals surface area contributed by atoms with Crippen molar-refractivity contribution in [3.63, 3.8) is 0 Å². The Bertz CT molecular complexity index is 842. The highest BCUT2D eigenvalue weighted by Crippen LogP contribution is 2.38. The van der Waals surface area contributed by atoms with Crippen molar-refractivity contribution in [2.45, 2.75) is 9.79 Å². The van der Waals surface area contributed by atoms with Crippen LogP contribution in [0.4, 0.5) is 0 Å². The van der Waals surface area contributed by atoms with Crippen molar-refractivity contribution >= 4 is 40.2 Å². The molecule has 3 nitrogen and oxygen atoms in total. The molecule has 2 aromatic carbocycles. The summed E-state index contributed by atoms with van der Waals surface area (Å²) in [5, 5.41) is 1.69. The van der Waals surface area contributed by atoms with Crippen LogP contribution >= 0.6 is 23.4 Å². The summed E-state index contributed by atoms with van der Waals surface area (Å²) < 4.78 is 0. The van der Waals surface area contributed by atoms with E-state index in [1.165, 1.54) is 0 Å². The smallest absolute Gasteiger partial charge is 0.254 e. The summed E-state index contributed by atoms with van der Waals surface area (Å²) in [6.07, 6.45) is 1.93. The van der Waals surface area contributed by atoms with Gasteiger partial charge in [0.1, 0.15) is 0 Å². The molecule has 0 radical (unpaired) electrons. The molecular formula is C17H15ClN2OS. The molecule has 0 bridgehead atoms. The SMILES string of the molecule is CN(C)C(=O)c1ccccc1Sc1c[nH]c2cccc(Cl)c12. The predicted octanol–water partition coefficient (Wildman–Crippen LogP) is 4.67. The van der Waals surface area contributed by atoms with Crippen molar-refractivity contribution in [3.8, 4) is 0 Å². The molecule has 0 spiro atoms. The van der Waals surface area contributed by atoms with Crippen LogP contribution in [0, 0.1) is 0 Å². The second kappa shape index (κ2) is 6.07. The zero-order valence-electron chi connectivity index (χ0n) is 12.3. The van der Waals surface area contributed by atoms with Crippen molar-refractivity contribution in [2.75, 3.05) is 14.1 Å². The van der Waals surface area contributed by atoms with Gasteiger partial charge >= 0.3 is 0 Å². The topological polar surface area (TPSA) is 36.1 Å². The number of carbonyl (C=O) groups excluding carboxylic acids is 1. The van der Waals surface area contributed by atoms with Gasteiger partial charge in [-0.1, -0.05) is 41.6 Å². The van der Waals surface area contributed by atoms with E-state index in [1.807, 2.05) is 48.7 Å². The Labute approximate surface area is 138 Å². The minimum atomic E-state index is -0.00552. The summed E-state index contributed by atoms with van der Waals surface area (Å²) in [6, 6.07) is 13.4. The third-order valence-electron chi connectivity index (χ3n) is 3.36. The van der Waals surface area contributed by atoms with Crippen LogP contribution in [0.15, 0.2) is 58.5 Å². The lowest BCUT2D eigenvalue weighted by Crippen LogP contribution is -2.22. The van der Waals surface area contributed by atoms with Gasteiger partial charge in [0.05, 0.1) is 10.6 Å². The Kier molecular flexibility index (Phi) is 4.14. The molecule has 0 unspecified atom stereocenters. The van der Waals surface area contributed by atoms with Gasteiger partial charge in [0.2, 0.25) is 0 Å². The van der Waals surface area contributed by atoms with Crippen LogP contribution in [0.25, 0.3) is 10.9 Å². The quantitative estimate of drug-likeness (QED) is 0.757. The Morgan fingerprint density at radius 2 is 1.86 bits per heavy atom. The Morgan fingerprint density at radius 3 is 2.64 bits per heavy atom. The van der Waals surface area contributed by atoms with Gasteiger partial charge in [0.25, 0.3) is 5.91 Å². The summed E-state index contributed by atoms with van der Waals surface area (Å²) in [4.78, 5) is 19.0. The molecule has 0 saturated heterocycles. The molecule has 0 atom stereocenters. The number of nitrogens with one attached hydrogen (secondary N) is 1. The van der Waals surface area contributed by atoms with Crippen molar-refractivity contribution in [2.24, 2.45) is 0 Å². The van der Waals surface area contributed by atoms with Crippen molar-refractivity contribution in [1.82, 2.24) is 9.88 Å². The van der Waals surface area contributed by atoms with E-state index < -0.39 is 0 Å². The van der Waals surface area contributed by atoms with E-state index in [1.54, 1.807) is 30.8 Å². The Morgan fingerprint density at radius 1 is 1.09 bits per heavy atom. The van der Waals surface area contributed by atoms with Crippen LogP contribution < -0.4 is 0 Å². The first-order valence-corrected chi connectivity index (χ1v) is 8.01. The van der Waals surface area contributed by atoms with Crippen molar-refractivity contribution < 1.29 is 4.79 Å². The molecule has 3 aromatic rings. The summed E-state index contributed by atoms with van der Waals surface area (Å²) in [5.41, 5.74) is 1.69. The maximum absolute atomic E-state index is 12.3. The number of aromatic nitrogens is 1. The molecule has 3 rings (SSSR count). The number of benzene rings is 2. The fraction of sp³-hybridized carbons (Fsp3) is 0.118. The van der Waals surface area contributed by atoms with E-state index in [0.29, 0.717) is 10.6 Å². The largest absolute Gasteiger partial charge is 0.360 e. The fourth-order valence-electron chi connectivity index (χ4n) is 2.28. The van der Waals surface area contributed by atoms with Gasteiger partial charge in [-0.15, -0.1) is 0 Å². The predicted molar refractivity (Wildman–Crippen MR) is 91.9 cm³/mol. The van der Waals surface area contributed by atoms with Crippen LogP contribution in [-0.2, 0) is 0 Å². The average Bonchev–Trinajstić information content (AvgIpc) is 2.91. The number of carbonyl (C=O) groups is 1. The highest BCUT2D eigenvalue weighted by molar-refractivity contribution is 7.99. The van der Waals surface area contributed by atoms with Gasteiger partial charge in [0.15, 0.2) is 0 Å². The summed E-state index contributed by atoms with van der Waals surface area (Å²) in [7, 11) is 3.51. The molecule has 1 aromatic heterocycles. The molecule has 5 heteroatoms. The lowest BCUT2D eigenvalue weighted by molar-refractivity contribution is 0.0824. The second-order valence-electron chi connectivity index (χ2n) is 5.11. The third kappa shape index (κ3) is 2.72. The molecule has 0 saturated carbocycles. The summed E-state index contributed by atoms with van der Waals surface area (Å²) in [5.74, 6) is -0.00552. The third-order valence-corrected chi connectivity index (χ3v) is 4.80. The maximum Gasteiger partial charge on any atom is 0.254 e. The lowest BCUT2D eigenvalue weighted by atomic mass is 10.2. The van der Waals surface area contributed by atoms with Crippen LogP contribution in [0.1, 0.15) is 10.4 Å². The number of hydrogen-bond acceptors (Lipinski definition) is 2. The van der Waals surface area contributed by atoms with Gasteiger partial charge in [-0.25, -0.2) is 0 Å². The molecule has 1 amide bonds. The summed E-state index contributed by atoms with van der Waals surface area (Å²) in [6.45, 7) is 0. The molecule has 0 aliphatic rings. The molecule has 1 N–H and O–H groups in total. The van der Waals surface area contributed by atoms with E-state index in [0.717, 1.165) is 20.7 Å². The average molecular weight is 331 g/mol. The molecule has 1 heterocycles. The normalized spacial score (nSPS) is 10.9. The zero-order valence-corrected chi connectivity index (χ0v) is 13.8. The fourth-order valence-corrected chi connectivity index (χ4v) is 3.70. The molecule has 22 heavy (non-hydrogen) atoms. The maximum atomic E-state index is 12.3. The minimum absolute atomic E-state index is 0.00552. The van der Waals surface area contributed by atoms with Crippen LogP contribution in [0.2, 0.25) is 5.02 Å². The van der Waals surface area contributed by atoms with Crippen LogP contribution in [0.5, 0.6) is 0 Å². The summed E-state index contributed by atoms with van der Waals surface area (Å²) >= 11 is 7.86. The van der Waals surface area contributed by atoms with Gasteiger partial charge in [-0.2, -0.15) is 0 Å². The number of nitrogens with zero attached hydrogens (tertiary/aromatic N) is 1. The standard InChI is InChI=1S/C17H15ClN2OS/c1-20(2)17(21)11-6-3-4-9-14(11)22-15-10-19-13-8-5-7-12(18)16(13)15/h3-10,19H,1-2H3. The van der Waals surface area contributed by atoms with Gasteiger partial charge in [0, 0.05) is 41.0 Å². The van der Waals surface area contributed by atoms with Gasteiger partial charge in [-0.05, 0) is 24.3 Å². The van der Waals surface area contributed by atoms with E-state index in [2.05, 4.69) is 4.98 Å². The highest BCUT2D eigenvalue weighted by atomic mass is 35.5. The number of amides is 1.